The minimum Gasteiger partial charge on any atom is -0.445 e. The number of hydrogen-bond acceptors (Lipinski definition) is 4. The van der Waals surface area contributed by atoms with Gasteiger partial charge in [0.2, 0.25) is 11.8 Å². The second-order valence-electron chi connectivity index (χ2n) is 11.0. The van der Waals surface area contributed by atoms with E-state index < -0.39 is 6.09 Å². The number of nitrogens with one attached hydrogen (secondary N) is 1. The Hall–Kier alpha value is -4.57. The fourth-order valence-corrected chi connectivity index (χ4v) is 5.61. The van der Waals surface area contributed by atoms with E-state index in [4.69, 9.17) is 4.74 Å². The van der Waals surface area contributed by atoms with Crippen molar-refractivity contribution < 1.29 is 19.1 Å². The molecule has 3 aromatic rings. The lowest BCUT2D eigenvalue weighted by Crippen LogP contribution is -2.33. The molecule has 2 aliphatic rings. The van der Waals surface area contributed by atoms with Gasteiger partial charge < -0.3 is 19.9 Å². The molecule has 2 aliphatic heterocycles. The molecule has 0 bridgehead atoms. The van der Waals surface area contributed by atoms with Gasteiger partial charge >= 0.3 is 6.09 Å². The molecular formula is C35H37N3O4. The smallest absolute Gasteiger partial charge is 0.410 e. The van der Waals surface area contributed by atoms with Crippen LogP contribution in [0.3, 0.4) is 0 Å². The van der Waals surface area contributed by atoms with Gasteiger partial charge in [0.15, 0.2) is 0 Å². The van der Waals surface area contributed by atoms with Crippen LogP contribution in [0.25, 0.3) is 0 Å². The standard InChI is InChI=1S/C35H37N3O4/c1-26(39)38-22-5-8-33(38)20-17-28-12-9-27(10-13-28)11-14-29-15-18-32(19-16-29)36-34(40)31-21-23-37(24-31)35(41)42-25-30-6-3-2-4-7-30/h2-4,6-7,9-10,12-13,15-16,18-19,31,33H,5,8,17,20-25H2,1H3,(H,36,40)/t31?,33-/m0/s1. The van der Waals surface area contributed by atoms with Crippen molar-refractivity contribution in [3.63, 3.8) is 0 Å². The van der Waals surface area contributed by atoms with E-state index in [1.54, 1.807) is 11.8 Å². The van der Waals surface area contributed by atoms with Crippen molar-refractivity contribution in [1.29, 1.82) is 0 Å². The summed E-state index contributed by atoms with van der Waals surface area (Å²) >= 11 is 0. The fourth-order valence-electron chi connectivity index (χ4n) is 5.61. The van der Waals surface area contributed by atoms with Crippen LogP contribution in [0.4, 0.5) is 10.5 Å². The Labute approximate surface area is 247 Å². The van der Waals surface area contributed by atoms with Gasteiger partial charge in [-0.3, -0.25) is 9.59 Å². The molecule has 2 fully saturated rings. The van der Waals surface area contributed by atoms with Gasteiger partial charge in [-0.2, -0.15) is 0 Å². The predicted octanol–water partition coefficient (Wildman–Crippen LogP) is 5.63. The third kappa shape index (κ3) is 7.79. The van der Waals surface area contributed by atoms with Crippen molar-refractivity contribution in [3.8, 4) is 11.8 Å². The average Bonchev–Trinajstić information content (AvgIpc) is 3.70. The highest BCUT2D eigenvalue weighted by atomic mass is 16.6. The average molecular weight is 564 g/mol. The molecule has 216 valence electrons. The SMILES string of the molecule is CC(=O)N1CCC[C@H]1CCc1ccc(C#Cc2ccc(NC(=O)C3CCN(C(=O)OCc4ccccc4)C3)cc2)cc1. The number of hydrogen-bond donors (Lipinski definition) is 1. The summed E-state index contributed by atoms with van der Waals surface area (Å²) in [4.78, 5) is 40.6. The molecule has 0 spiro atoms. The van der Waals surface area contributed by atoms with Crippen LogP contribution in [0.5, 0.6) is 0 Å². The Morgan fingerprint density at radius 2 is 1.55 bits per heavy atom. The number of benzene rings is 3. The number of carbonyl (C=O) groups excluding carboxylic acids is 3. The molecule has 1 N–H and O–H groups in total. The highest BCUT2D eigenvalue weighted by molar-refractivity contribution is 5.93. The first-order valence-electron chi connectivity index (χ1n) is 14.7. The van der Waals surface area contributed by atoms with Crippen molar-refractivity contribution in [1.82, 2.24) is 9.80 Å². The summed E-state index contributed by atoms with van der Waals surface area (Å²) in [6.45, 7) is 3.61. The number of rotatable bonds is 7. The van der Waals surface area contributed by atoms with Crippen molar-refractivity contribution in [2.24, 2.45) is 5.92 Å². The van der Waals surface area contributed by atoms with Crippen LogP contribution in [-0.2, 0) is 27.4 Å². The number of carbonyl (C=O) groups is 3. The van der Waals surface area contributed by atoms with Crippen molar-refractivity contribution in [2.45, 2.75) is 51.7 Å². The Bertz CT molecular complexity index is 1440. The second-order valence-corrected chi connectivity index (χ2v) is 11.0. The van der Waals surface area contributed by atoms with E-state index in [0.29, 0.717) is 31.2 Å². The van der Waals surface area contributed by atoms with E-state index in [9.17, 15) is 14.4 Å². The predicted molar refractivity (Wildman–Crippen MR) is 163 cm³/mol. The Morgan fingerprint density at radius 1 is 0.857 bits per heavy atom. The van der Waals surface area contributed by atoms with E-state index in [1.807, 2.05) is 71.6 Å². The van der Waals surface area contributed by atoms with E-state index in [2.05, 4.69) is 29.3 Å². The van der Waals surface area contributed by atoms with E-state index >= 15 is 0 Å². The number of anilines is 1. The minimum absolute atomic E-state index is 0.103. The molecule has 1 unspecified atom stereocenters. The van der Waals surface area contributed by atoms with Gasteiger partial charge in [0.1, 0.15) is 6.61 Å². The summed E-state index contributed by atoms with van der Waals surface area (Å²) in [5.41, 5.74) is 4.68. The van der Waals surface area contributed by atoms with Gasteiger partial charge in [0.05, 0.1) is 5.92 Å². The molecule has 0 saturated carbocycles. The normalized spacial score (nSPS) is 17.8. The largest absolute Gasteiger partial charge is 0.445 e. The van der Waals surface area contributed by atoms with Crippen LogP contribution >= 0.6 is 0 Å². The van der Waals surface area contributed by atoms with E-state index in [-0.39, 0.29) is 24.3 Å². The highest BCUT2D eigenvalue weighted by Gasteiger charge is 2.32. The lowest BCUT2D eigenvalue weighted by Gasteiger charge is -2.23. The molecule has 3 aromatic carbocycles. The topological polar surface area (TPSA) is 79.0 Å². The minimum atomic E-state index is -0.392. The number of aryl methyl sites for hydroxylation is 1. The van der Waals surface area contributed by atoms with Crippen molar-refractivity contribution in [3.05, 3.63) is 101 Å². The summed E-state index contributed by atoms with van der Waals surface area (Å²) in [6.07, 6.45) is 4.35. The molecule has 3 amide bonds. The highest BCUT2D eigenvalue weighted by Crippen LogP contribution is 2.23. The molecule has 7 nitrogen and oxygen atoms in total. The monoisotopic (exact) mass is 563 g/mol. The third-order valence-electron chi connectivity index (χ3n) is 8.03. The zero-order valence-corrected chi connectivity index (χ0v) is 24.1. The summed E-state index contributed by atoms with van der Waals surface area (Å²) in [6, 6.07) is 25.7. The van der Waals surface area contributed by atoms with Gasteiger partial charge in [-0.1, -0.05) is 54.3 Å². The first-order valence-corrected chi connectivity index (χ1v) is 14.7. The summed E-state index contributed by atoms with van der Waals surface area (Å²) in [5.74, 6) is 6.20. The molecule has 0 aromatic heterocycles. The molecule has 2 atom stereocenters. The fraction of sp³-hybridized carbons (Fsp3) is 0.343. The first kappa shape index (κ1) is 28.9. The van der Waals surface area contributed by atoms with Crippen LogP contribution in [0.2, 0.25) is 0 Å². The van der Waals surface area contributed by atoms with Gasteiger partial charge in [-0.15, -0.1) is 0 Å². The maximum absolute atomic E-state index is 12.8. The summed E-state index contributed by atoms with van der Waals surface area (Å²) in [7, 11) is 0. The quantitative estimate of drug-likeness (QED) is 0.378. The lowest BCUT2D eigenvalue weighted by molar-refractivity contribution is -0.129. The zero-order valence-electron chi connectivity index (χ0n) is 24.1. The Kier molecular flexibility index (Phi) is 9.55. The van der Waals surface area contributed by atoms with E-state index in [0.717, 1.165) is 48.9 Å². The summed E-state index contributed by atoms with van der Waals surface area (Å²) in [5, 5.41) is 2.96. The number of nitrogens with zero attached hydrogens (tertiary/aromatic N) is 2. The zero-order chi connectivity index (χ0) is 29.3. The Balaban J connectivity index is 1.06. The van der Waals surface area contributed by atoms with E-state index in [1.165, 1.54) is 5.56 Å². The van der Waals surface area contributed by atoms with Crippen LogP contribution in [0.15, 0.2) is 78.9 Å². The van der Waals surface area contributed by atoms with Crippen LogP contribution in [0.1, 0.15) is 54.9 Å². The van der Waals surface area contributed by atoms with Crippen LogP contribution < -0.4 is 5.32 Å². The molecule has 2 heterocycles. The number of likely N-dealkylation sites (tertiary alicyclic amines) is 2. The molecular weight excluding hydrogens is 526 g/mol. The molecule has 0 radical (unpaired) electrons. The van der Waals surface area contributed by atoms with Crippen LogP contribution in [0, 0.1) is 17.8 Å². The first-order chi connectivity index (χ1) is 20.4. The van der Waals surface area contributed by atoms with Gasteiger partial charge in [0, 0.05) is 49.4 Å². The van der Waals surface area contributed by atoms with Gasteiger partial charge in [-0.05, 0) is 79.6 Å². The second kappa shape index (κ2) is 13.9. The van der Waals surface area contributed by atoms with Crippen molar-refractivity contribution >= 4 is 23.6 Å². The Morgan fingerprint density at radius 3 is 2.24 bits per heavy atom. The van der Waals surface area contributed by atoms with Crippen LogP contribution in [-0.4, -0.2) is 53.4 Å². The lowest BCUT2D eigenvalue weighted by atomic mass is 10.0. The molecule has 0 aliphatic carbocycles. The van der Waals surface area contributed by atoms with Gasteiger partial charge in [-0.25, -0.2) is 4.79 Å². The van der Waals surface area contributed by atoms with Crippen molar-refractivity contribution in [2.75, 3.05) is 25.0 Å². The number of ether oxygens (including phenoxy) is 1. The summed E-state index contributed by atoms with van der Waals surface area (Å²) < 4.78 is 5.40. The molecule has 2 saturated heterocycles. The van der Waals surface area contributed by atoms with Gasteiger partial charge in [0.25, 0.3) is 0 Å². The molecule has 42 heavy (non-hydrogen) atoms. The third-order valence-corrected chi connectivity index (χ3v) is 8.03. The number of amides is 3. The maximum Gasteiger partial charge on any atom is 0.410 e. The maximum atomic E-state index is 12.8. The molecule has 7 heteroatoms. The molecule has 5 rings (SSSR count).